The second kappa shape index (κ2) is 8.32. The van der Waals surface area contributed by atoms with Crippen LogP contribution >= 0.6 is 0 Å². The van der Waals surface area contributed by atoms with Crippen molar-refractivity contribution in [3.8, 4) is 0 Å². The second-order valence-electron chi connectivity index (χ2n) is 5.13. The van der Waals surface area contributed by atoms with Crippen molar-refractivity contribution in [2.45, 2.75) is 59.0 Å². The molecule has 4 atom stereocenters. The minimum Gasteiger partial charge on any atom is -0.486 e. The van der Waals surface area contributed by atoms with Crippen LogP contribution in [0.25, 0.3) is 0 Å². The fourth-order valence-electron chi connectivity index (χ4n) is 2.20. The van der Waals surface area contributed by atoms with Crippen molar-refractivity contribution in [1.82, 2.24) is 0 Å². The Labute approximate surface area is 138 Å². The summed E-state index contributed by atoms with van der Waals surface area (Å²) in [5.41, 5.74) is 0. The van der Waals surface area contributed by atoms with Crippen molar-refractivity contribution >= 4 is 23.9 Å². The largest absolute Gasteiger partial charge is 0.486 e. The Morgan fingerprint density at radius 1 is 0.958 bits per heavy atom. The minimum absolute atomic E-state index is 0.129. The summed E-state index contributed by atoms with van der Waals surface area (Å²) in [6, 6.07) is 0. The molecular weight excluding hydrogens is 324 g/mol. The molecule has 0 amide bonds. The quantitative estimate of drug-likeness (QED) is 0.522. The number of rotatable bonds is 5. The van der Waals surface area contributed by atoms with Crippen molar-refractivity contribution in [2.24, 2.45) is 0 Å². The van der Waals surface area contributed by atoms with E-state index in [-0.39, 0.29) is 5.76 Å². The first-order valence-electron chi connectivity index (χ1n) is 7.17. The Balaban J connectivity index is 3.18. The van der Waals surface area contributed by atoms with Crippen LogP contribution in [0, 0.1) is 0 Å². The van der Waals surface area contributed by atoms with Gasteiger partial charge in [-0.05, 0) is 6.92 Å². The van der Waals surface area contributed by atoms with Gasteiger partial charge < -0.3 is 23.7 Å². The van der Waals surface area contributed by atoms with Gasteiger partial charge in [-0.2, -0.15) is 0 Å². The topological polar surface area (TPSA) is 114 Å². The van der Waals surface area contributed by atoms with Crippen molar-refractivity contribution in [3.63, 3.8) is 0 Å². The van der Waals surface area contributed by atoms with Gasteiger partial charge in [0, 0.05) is 27.7 Å². The average molecular weight is 344 g/mol. The highest BCUT2D eigenvalue weighted by molar-refractivity contribution is 5.69. The third-order valence-corrected chi connectivity index (χ3v) is 2.92. The Morgan fingerprint density at radius 3 is 2.00 bits per heavy atom. The third-order valence-electron chi connectivity index (χ3n) is 2.92. The number of esters is 4. The van der Waals surface area contributed by atoms with Crippen LogP contribution in [-0.4, -0.2) is 48.3 Å². The smallest absolute Gasteiger partial charge is 0.307 e. The zero-order valence-corrected chi connectivity index (χ0v) is 14.1. The molecule has 0 spiro atoms. The van der Waals surface area contributed by atoms with Crippen LogP contribution in [0.1, 0.15) is 34.6 Å². The van der Waals surface area contributed by atoms with Gasteiger partial charge in [0.15, 0.2) is 18.0 Å². The molecule has 0 aromatic rings. The van der Waals surface area contributed by atoms with Gasteiger partial charge >= 0.3 is 23.9 Å². The van der Waals surface area contributed by atoms with Crippen molar-refractivity contribution in [3.05, 3.63) is 12.0 Å². The number of ether oxygens (including phenoxy) is 5. The Hall–Kier alpha value is -2.58. The van der Waals surface area contributed by atoms with Crippen molar-refractivity contribution < 1.29 is 42.9 Å². The second-order valence-corrected chi connectivity index (χ2v) is 5.13. The van der Waals surface area contributed by atoms with Gasteiger partial charge in [0.05, 0.1) is 0 Å². The monoisotopic (exact) mass is 344 g/mol. The molecule has 0 aliphatic carbocycles. The molecule has 0 N–H and O–H groups in total. The van der Waals surface area contributed by atoms with Gasteiger partial charge in [-0.1, -0.05) is 0 Å². The van der Waals surface area contributed by atoms with Crippen molar-refractivity contribution in [1.29, 1.82) is 0 Å². The van der Waals surface area contributed by atoms with Crippen LogP contribution in [0.5, 0.6) is 0 Å². The van der Waals surface area contributed by atoms with Gasteiger partial charge in [-0.25, -0.2) is 0 Å². The fourth-order valence-corrected chi connectivity index (χ4v) is 2.20. The highest BCUT2D eigenvalue weighted by atomic mass is 16.6. The van der Waals surface area contributed by atoms with Crippen LogP contribution in [0.15, 0.2) is 12.0 Å². The van der Waals surface area contributed by atoms with Crippen LogP contribution in [0.3, 0.4) is 0 Å². The fraction of sp³-hybridized carbons (Fsp3) is 0.600. The maximum absolute atomic E-state index is 11.4. The van der Waals surface area contributed by atoms with Gasteiger partial charge in [-0.3, -0.25) is 19.2 Å². The van der Waals surface area contributed by atoms with Crippen LogP contribution < -0.4 is 0 Å². The Morgan fingerprint density at radius 2 is 1.54 bits per heavy atom. The van der Waals surface area contributed by atoms with Gasteiger partial charge in [0.2, 0.25) is 6.10 Å². The molecule has 0 radical (unpaired) electrons. The number of hydrogen-bond donors (Lipinski definition) is 0. The van der Waals surface area contributed by atoms with E-state index in [0.29, 0.717) is 0 Å². The first kappa shape index (κ1) is 19.5. The summed E-state index contributed by atoms with van der Waals surface area (Å²) in [6.45, 7) is 6.19. The average Bonchev–Trinajstić information content (AvgIpc) is 2.39. The molecule has 0 saturated carbocycles. The normalized spacial score (nSPS) is 23.9. The van der Waals surface area contributed by atoms with Crippen molar-refractivity contribution in [2.75, 3.05) is 0 Å². The Bertz CT molecular complexity index is 551. The molecule has 1 aliphatic heterocycles. The first-order chi connectivity index (χ1) is 11.1. The maximum Gasteiger partial charge on any atom is 0.307 e. The summed E-state index contributed by atoms with van der Waals surface area (Å²) in [7, 11) is 0. The summed E-state index contributed by atoms with van der Waals surface area (Å²) in [5.74, 6) is -2.72. The lowest BCUT2D eigenvalue weighted by Crippen LogP contribution is -2.52. The summed E-state index contributed by atoms with van der Waals surface area (Å²) in [4.78, 5) is 45.1. The van der Waals surface area contributed by atoms with Crippen LogP contribution in [-0.2, 0) is 42.9 Å². The molecular formula is C15H20O9. The highest BCUT2D eigenvalue weighted by Crippen LogP contribution is 2.28. The molecule has 1 rings (SSSR count). The maximum atomic E-state index is 11.4. The van der Waals surface area contributed by atoms with E-state index in [0.717, 1.165) is 27.0 Å². The molecule has 9 nitrogen and oxygen atoms in total. The van der Waals surface area contributed by atoms with Crippen LogP contribution in [0.4, 0.5) is 0 Å². The van der Waals surface area contributed by atoms with Crippen LogP contribution in [0.2, 0.25) is 0 Å². The summed E-state index contributed by atoms with van der Waals surface area (Å²) >= 11 is 0. The molecule has 0 aromatic carbocycles. The Kier molecular flexibility index (Phi) is 6.75. The molecule has 1 aliphatic rings. The summed E-state index contributed by atoms with van der Waals surface area (Å²) in [5, 5.41) is 0. The molecule has 134 valence electrons. The van der Waals surface area contributed by atoms with E-state index in [4.69, 9.17) is 23.7 Å². The first-order valence-corrected chi connectivity index (χ1v) is 7.17. The van der Waals surface area contributed by atoms with Gasteiger partial charge in [0.25, 0.3) is 0 Å². The van der Waals surface area contributed by atoms with E-state index in [9.17, 15) is 19.2 Å². The molecule has 0 fully saturated rings. The molecule has 0 unspecified atom stereocenters. The SMILES string of the molecule is CC(=O)OC1=CO[C@H]([C@@H](C)OC(C)=O)[C@H](OC(C)=O)[C@H]1OC(C)=O. The molecule has 0 saturated heterocycles. The van der Waals surface area contributed by atoms with E-state index in [1.165, 1.54) is 13.8 Å². The molecule has 0 aromatic heterocycles. The molecule has 1 heterocycles. The molecule has 0 bridgehead atoms. The predicted molar refractivity (Wildman–Crippen MR) is 77.1 cm³/mol. The lowest BCUT2D eigenvalue weighted by molar-refractivity contribution is -0.193. The van der Waals surface area contributed by atoms with E-state index in [1.54, 1.807) is 0 Å². The number of carbonyl (C=O) groups is 4. The standard InChI is InChI=1S/C15H20O9/c1-7(21-8(2)16)13-15(24-11(5)19)14(23-10(4)18)12(6-20-13)22-9(3)17/h6-7,13-15H,1-5H3/t7-,13-,14+,15+/m1/s1. The van der Waals surface area contributed by atoms with E-state index in [1.807, 2.05) is 0 Å². The van der Waals surface area contributed by atoms with E-state index < -0.39 is 48.3 Å². The van der Waals surface area contributed by atoms with Gasteiger partial charge in [0.1, 0.15) is 12.4 Å². The molecule has 24 heavy (non-hydrogen) atoms. The molecule has 9 heteroatoms. The summed E-state index contributed by atoms with van der Waals surface area (Å²) in [6.07, 6.45) is -3.09. The van der Waals surface area contributed by atoms with E-state index in [2.05, 4.69) is 0 Å². The predicted octanol–water partition coefficient (Wildman–Crippen LogP) is 0.605. The summed E-state index contributed by atoms with van der Waals surface area (Å²) < 4.78 is 25.7. The number of carbonyl (C=O) groups excluding carboxylic acids is 4. The lowest BCUT2D eigenvalue weighted by atomic mass is 9.99. The lowest BCUT2D eigenvalue weighted by Gasteiger charge is -2.37. The van der Waals surface area contributed by atoms with Gasteiger partial charge in [-0.15, -0.1) is 0 Å². The zero-order valence-electron chi connectivity index (χ0n) is 14.1. The highest BCUT2D eigenvalue weighted by Gasteiger charge is 2.46. The minimum atomic E-state index is -1.22. The van der Waals surface area contributed by atoms with E-state index >= 15 is 0 Å². The third kappa shape index (κ3) is 5.56. The number of hydrogen-bond acceptors (Lipinski definition) is 9. The zero-order chi connectivity index (χ0) is 18.4.